The Morgan fingerprint density at radius 3 is 2.14 bits per heavy atom. The van der Waals surface area contributed by atoms with Gasteiger partial charge in [0.2, 0.25) is 0 Å². The molecule has 4 aliphatic rings. The summed E-state index contributed by atoms with van der Waals surface area (Å²) in [6.45, 7) is 15.8. The lowest BCUT2D eigenvalue weighted by Crippen LogP contribution is -2.55. The van der Waals surface area contributed by atoms with E-state index in [1.54, 1.807) is 0 Å². The second-order valence-corrected chi connectivity index (χ2v) is 15.1. The number of fused-ring (bicyclic) bond motifs is 5. The van der Waals surface area contributed by atoms with Crippen LogP contribution in [0.25, 0.3) is 0 Å². The van der Waals surface area contributed by atoms with Gasteiger partial charge < -0.3 is 26.8 Å². The first-order valence-electron chi connectivity index (χ1n) is 18.9. The van der Waals surface area contributed by atoms with Gasteiger partial charge >= 0.3 is 5.97 Å². The SMILES string of the molecule is CC.CC12CCC3C(CCC4CC(NCCCNCCCCNCCCN)CCC43C)C1CCC2CCCCCC(=O)O. The summed E-state index contributed by atoms with van der Waals surface area (Å²) in [6.07, 6.45) is 22.6. The van der Waals surface area contributed by atoms with Crippen LogP contribution in [0, 0.1) is 40.4 Å². The van der Waals surface area contributed by atoms with Crippen LogP contribution in [0.4, 0.5) is 0 Å². The molecular weight excluding hydrogens is 532 g/mol. The zero-order valence-electron chi connectivity index (χ0n) is 28.9. The summed E-state index contributed by atoms with van der Waals surface area (Å²) in [5.74, 6) is 4.02. The van der Waals surface area contributed by atoms with E-state index in [4.69, 9.17) is 10.8 Å². The van der Waals surface area contributed by atoms with Crippen molar-refractivity contribution in [3.63, 3.8) is 0 Å². The van der Waals surface area contributed by atoms with Crippen LogP contribution in [-0.2, 0) is 4.79 Å². The first-order valence-corrected chi connectivity index (χ1v) is 18.9. The van der Waals surface area contributed by atoms with Crippen LogP contribution in [0.5, 0.6) is 0 Å². The summed E-state index contributed by atoms with van der Waals surface area (Å²) >= 11 is 0. The molecule has 4 fully saturated rings. The molecule has 0 aromatic rings. The van der Waals surface area contributed by atoms with Gasteiger partial charge in [-0.15, -0.1) is 0 Å². The largest absolute Gasteiger partial charge is 0.481 e. The van der Waals surface area contributed by atoms with E-state index in [0.717, 1.165) is 94.2 Å². The minimum Gasteiger partial charge on any atom is -0.481 e. The van der Waals surface area contributed by atoms with Crippen LogP contribution in [0.2, 0.25) is 0 Å². The van der Waals surface area contributed by atoms with Gasteiger partial charge in [0.05, 0.1) is 0 Å². The van der Waals surface area contributed by atoms with Crippen molar-refractivity contribution in [2.45, 2.75) is 149 Å². The third-order valence-corrected chi connectivity index (χ3v) is 12.8. The molecule has 0 aliphatic heterocycles. The van der Waals surface area contributed by atoms with Gasteiger partial charge in [-0.3, -0.25) is 4.79 Å². The summed E-state index contributed by atoms with van der Waals surface area (Å²) in [5, 5.41) is 20.0. The standard InChI is InChI=1S/C35H66N4O2.C2H6/c1-34-19-17-32-30(31(34)15-13-27(34)10-4-3-5-11-33(40)41)14-12-28-26-29(16-18-35(28,32)2)39-25-9-24-38-22-7-6-21-37-23-8-20-36;1-2/h27-32,37-39H,3-26,36H2,1-2H3,(H,40,41);1-2H3. The van der Waals surface area contributed by atoms with Crippen LogP contribution >= 0.6 is 0 Å². The predicted octanol–water partition coefficient (Wildman–Crippen LogP) is 7.36. The number of rotatable bonds is 19. The van der Waals surface area contributed by atoms with Crippen LogP contribution < -0.4 is 21.7 Å². The normalized spacial score (nSPS) is 34.9. The molecule has 0 saturated heterocycles. The van der Waals surface area contributed by atoms with Gasteiger partial charge in [0, 0.05) is 12.5 Å². The quantitative estimate of drug-likeness (QED) is 0.0988. The highest BCUT2D eigenvalue weighted by atomic mass is 16.4. The highest BCUT2D eigenvalue weighted by Gasteiger charge is 2.59. The number of carboxylic acids is 1. The predicted molar refractivity (Wildman–Crippen MR) is 182 cm³/mol. The summed E-state index contributed by atoms with van der Waals surface area (Å²) < 4.78 is 0. The van der Waals surface area contributed by atoms with Crippen molar-refractivity contribution in [2.75, 3.05) is 39.3 Å². The van der Waals surface area contributed by atoms with Gasteiger partial charge in [0.15, 0.2) is 0 Å². The number of aliphatic carboxylic acids is 1. The van der Waals surface area contributed by atoms with Crippen molar-refractivity contribution in [3.05, 3.63) is 0 Å². The van der Waals surface area contributed by atoms with Crippen molar-refractivity contribution >= 4 is 5.97 Å². The Kier molecular flexibility index (Phi) is 16.3. The fourth-order valence-corrected chi connectivity index (χ4v) is 10.4. The summed E-state index contributed by atoms with van der Waals surface area (Å²) in [7, 11) is 0. The maximum atomic E-state index is 10.9. The molecule has 43 heavy (non-hydrogen) atoms. The van der Waals surface area contributed by atoms with Crippen molar-refractivity contribution in [1.82, 2.24) is 16.0 Å². The smallest absolute Gasteiger partial charge is 0.303 e. The lowest BCUT2D eigenvalue weighted by Gasteiger charge is -2.61. The number of carbonyl (C=O) groups is 1. The maximum absolute atomic E-state index is 10.9. The van der Waals surface area contributed by atoms with Crippen LogP contribution in [0.15, 0.2) is 0 Å². The molecule has 8 atom stereocenters. The average molecular weight is 605 g/mol. The van der Waals surface area contributed by atoms with Gasteiger partial charge in [-0.1, -0.05) is 40.5 Å². The molecule has 4 saturated carbocycles. The fraction of sp³-hybridized carbons (Fsp3) is 0.973. The lowest BCUT2D eigenvalue weighted by molar-refractivity contribution is -0.137. The number of carboxylic acid groups (broad SMARTS) is 1. The monoisotopic (exact) mass is 605 g/mol. The van der Waals surface area contributed by atoms with Gasteiger partial charge in [-0.05, 0) is 176 Å². The zero-order valence-corrected chi connectivity index (χ0v) is 28.9. The molecule has 6 heteroatoms. The van der Waals surface area contributed by atoms with Gasteiger partial charge in [0.25, 0.3) is 0 Å². The van der Waals surface area contributed by atoms with E-state index in [9.17, 15) is 4.79 Å². The third kappa shape index (κ3) is 10.1. The minimum atomic E-state index is -0.637. The molecule has 8 unspecified atom stereocenters. The van der Waals surface area contributed by atoms with E-state index in [1.165, 1.54) is 89.9 Å². The summed E-state index contributed by atoms with van der Waals surface area (Å²) in [4.78, 5) is 10.9. The van der Waals surface area contributed by atoms with Gasteiger partial charge in [-0.2, -0.15) is 0 Å². The Hall–Kier alpha value is -0.690. The first-order chi connectivity index (χ1) is 20.9. The molecule has 0 radical (unpaired) electrons. The minimum absolute atomic E-state index is 0.344. The molecule has 6 N–H and O–H groups in total. The Morgan fingerprint density at radius 1 is 0.744 bits per heavy atom. The summed E-state index contributed by atoms with van der Waals surface area (Å²) in [6, 6.07) is 0.732. The summed E-state index contributed by atoms with van der Waals surface area (Å²) in [5.41, 5.74) is 6.65. The molecule has 4 rings (SSSR count). The van der Waals surface area contributed by atoms with E-state index in [2.05, 4.69) is 29.8 Å². The highest BCUT2D eigenvalue weighted by molar-refractivity contribution is 5.66. The van der Waals surface area contributed by atoms with Gasteiger partial charge in [-0.25, -0.2) is 0 Å². The molecule has 6 nitrogen and oxygen atoms in total. The molecule has 0 heterocycles. The van der Waals surface area contributed by atoms with Crippen LogP contribution in [-0.4, -0.2) is 56.4 Å². The van der Waals surface area contributed by atoms with Crippen molar-refractivity contribution in [2.24, 2.45) is 46.2 Å². The Balaban J connectivity index is 0.00000248. The second-order valence-electron chi connectivity index (χ2n) is 15.1. The Morgan fingerprint density at radius 2 is 1.42 bits per heavy atom. The number of nitrogens with two attached hydrogens (primary N) is 1. The average Bonchev–Trinajstić information content (AvgIpc) is 3.34. The van der Waals surface area contributed by atoms with E-state index >= 15 is 0 Å². The Bertz CT molecular complexity index is 780. The van der Waals surface area contributed by atoms with E-state index in [1.807, 2.05) is 13.8 Å². The van der Waals surface area contributed by atoms with Crippen LogP contribution in [0.3, 0.4) is 0 Å². The number of unbranched alkanes of at least 4 members (excludes halogenated alkanes) is 3. The molecule has 0 spiro atoms. The molecule has 4 aliphatic carbocycles. The lowest BCUT2D eigenvalue weighted by atomic mass is 9.44. The zero-order chi connectivity index (χ0) is 31.1. The van der Waals surface area contributed by atoms with Gasteiger partial charge in [0.1, 0.15) is 0 Å². The molecular formula is C37H72N4O2. The van der Waals surface area contributed by atoms with Crippen molar-refractivity contribution < 1.29 is 9.90 Å². The highest BCUT2D eigenvalue weighted by Crippen LogP contribution is 2.67. The number of hydrogen-bond acceptors (Lipinski definition) is 5. The van der Waals surface area contributed by atoms with Crippen LogP contribution in [0.1, 0.15) is 143 Å². The molecule has 0 bridgehead atoms. The van der Waals surface area contributed by atoms with Crippen molar-refractivity contribution in [3.8, 4) is 0 Å². The number of nitrogens with one attached hydrogen (secondary N) is 3. The fourth-order valence-electron chi connectivity index (χ4n) is 10.4. The molecule has 0 aromatic carbocycles. The van der Waals surface area contributed by atoms with Crippen molar-refractivity contribution in [1.29, 1.82) is 0 Å². The topological polar surface area (TPSA) is 99.4 Å². The molecule has 0 amide bonds. The first kappa shape index (κ1) is 36.8. The number of hydrogen-bond donors (Lipinski definition) is 5. The molecule has 252 valence electrons. The van der Waals surface area contributed by atoms with E-state index in [-0.39, 0.29) is 0 Å². The van der Waals surface area contributed by atoms with E-state index in [0.29, 0.717) is 17.3 Å². The second kappa shape index (κ2) is 19.1. The maximum Gasteiger partial charge on any atom is 0.303 e. The third-order valence-electron chi connectivity index (χ3n) is 12.8. The molecule has 0 aromatic heterocycles. The van der Waals surface area contributed by atoms with E-state index < -0.39 is 5.97 Å². The Labute approximate surface area is 266 Å².